The Labute approximate surface area is 338 Å². The summed E-state index contributed by atoms with van der Waals surface area (Å²) in [5.74, 6) is 0. The van der Waals surface area contributed by atoms with Crippen LogP contribution in [0.15, 0.2) is 188 Å². The van der Waals surface area contributed by atoms with Crippen LogP contribution in [0.2, 0.25) is 0 Å². The minimum absolute atomic E-state index is 0.116. The monoisotopic (exact) mass is 747 g/mol. The number of allylic oxidation sites excluding steroid dienone is 1. The number of nitrogens with one attached hydrogen (secondary N) is 1. The fourth-order valence-electron chi connectivity index (χ4n) is 8.98. The van der Waals surface area contributed by atoms with E-state index in [-0.39, 0.29) is 5.41 Å². The molecule has 0 unspecified atom stereocenters. The first-order valence-electron chi connectivity index (χ1n) is 19.7. The molecule has 8 aromatic carbocycles. The molecule has 1 heterocycles. The molecular weight excluding hydrogens is 707 g/mol. The van der Waals surface area contributed by atoms with Gasteiger partial charge in [0, 0.05) is 25.6 Å². The van der Waals surface area contributed by atoms with Crippen LogP contribution in [0, 0.1) is 12.3 Å². The van der Waals surface area contributed by atoms with Crippen LogP contribution in [0.25, 0.3) is 70.3 Å². The lowest BCUT2D eigenvalue weighted by Gasteiger charge is -2.22. The van der Waals surface area contributed by atoms with Gasteiger partial charge in [-0.1, -0.05) is 178 Å². The fourth-order valence-corrected chi connectivity index (χ4v) is 10.2. The predicted octanol–water partition coefficient (Wildman–Crippen LogP) is 15.2. The van der Waals surface area contributed by atoms with Crippen molar-refractivity contribution in [2.75, 3.05) is 0 Å². The van der Waals surface area contributed by atoms with Gasteiger partial charge in [-0.3, -0.25) is 0 Å². The molecular formula is C55H41NS. The third-order valence-electron chi connectivity index (χ3n) is 12.0. The van der Waals surface area contributed by atoms with E-state index >= 15 is 0 Å². The summed E-state index contributed by atoms with van der Waals surface area (Å²) < 4.78 is 2.60. The highest BCUT2D eigenvalue weighted by Crippen LogP contribution is 2.49. The predicted molar refractivity (Wildman–Crippen MR) is 245 cm³/mol. The van der Waals surface area contributed by atoms with Crippen LogP contribution in [-0.4, -0.2) is 5.71 Å². The number of rotatable bonds is 7. The number of hydrogen-bond acceptors (Lipinski definition) is 2. The van der Waals surface area contributed by atoms with Crippen molar-refractivity contribution in [3.05, 3.63) is 221 Å². The average molecular weight is 748 g/mol. The van der Waals surface area contributed by atoms with Gasteiger partial charge in [0.1, 0.15) is 0 Å². The molecule has 1 N–H and O–H groups in total. The van der Waals surface area contributed by atoms with Crippen LogP contribution in [0.4, 0.5) is 0 Å². The Morgan fingerprint density at radius 3 is 1.77 bits per heavy atom. The third-order valence-corrected chi connectivity index (χ3v) is 13.1. The Bertz CT molecular complexity index is 3020. The minimum Gasteiger partial charge on any atom is -0.300 e. The zero-order valence-electron chi connectivity index (χ0n) is 32.3. The van der Waals surface area contributed by atoms with Gasteiger partial charge in [0.2, 0.25) is 0 Å². The first-order valence-corrected chi connectivity index (χ1v) is 20.5. The number of aryl methyl sites for hydroxylation is 1. The van der Waals surface area contributed by atoms with Gasteiger partial charge in [0.05, 0.1) is 5.71 Å². The van der Waals surface area contributed by atoms with Crippen molar-refractivity contribution in [2.24, 2.45) is 0 Å². The fraction of sp³-hybridized carbons (Fsp3) is 0.0727. The molecule has 0 aliphatic heterocycles. The first-order chi connectivity index (χ1) is 27.8. The SMILES string of the molecule is Cc1c(-c2ccc(-c3ccccc3)cc2)ccc2sc3cccc(-c4ccc(/C(=C/C(=N)c5ccc6c(c5)C(C)(C)c5ccccc5-6)c5ccccc5)cc4)c3c12. The third kappa shape index (κ3) is 5.96. The summed E-state index contributed by atoms with van der Waals surface area (Å²) in [6.45, 7) is 6.87. The lowest BCUT2D eigenvalue weighted by Crippen LogP contribution is -2.15. The van der Waals surface area contributed by atoms with Crippen LogP contribution < -0.4 is 0 Å². The Kier molecular flexibility index (Phi) is 8.47. The highest BCUT2D eigenvalue weighted by Gasteiger charge is 2.35. The molecule has 0 fully saturated rings. The summed E-state index contributed by atoms with van der Waals surface area (Å²) in [6.07, 6.45) is 2.05. The Morgan fingerprint density at radius 1 is 0.456 bits per heavy atom. The van der Waals surface area contributed by atoms with Gasteiger partial charge < -0.3 is 5.41 Å². The molecule has 272 valence electrons. The first kappa shape index (κ1) is 34.8. The molecule has 10 rings (SSSR count). The van der Waals surface area contributed by atoms with Crippen LogP contribution in [0.5, 0.6) is 0 Å². The zero-order valence-corrected chi connectivity index (χ0v) is 33.1. The van der Waals surface area contributed by atoms with Gasteiger partial charge in [-0.15, -0.1) is 11.3 Å². The van der Waals surface area contributed by atoms with E-state index in [9.17, 15) is 5.41 Å². The van der Waals surface area contributed by atoms with Crippen molar-refractivity contribution < 1.29 is 0 Å². The summed E-state index contributed by atoms with van der Waals surface area (Å²) in [4.78, 5) is 0. The van der Waals surface area contributed by atoms with Crippen LogP contribution in [-0.2, 0) is 5.41 Å². The molecule has 0 saturated heterocycles. The molecule has 0 atom stereocenters. The Morgan fingerprint density at radius 2 is 1.00 bits per heavy atom. The van der Waals surface area contributed by atoms with E-state index in [0.717, 1.165) is 22.3 Å². The van der Waals surface area contributed by atoms with Crippen molar-refractivity contribution in [1.29, 1.82) is 5.41 Å². The number of hydrogen-bond donors (Lipinski definition) is 1. The van der Waals surface area contributed by atoms with Crippen molar-refractivity contribution in [1.82, 2.24) is 0 Å². The Hall–Kier alpha value is -6.61. The molecule has 0 radical (unpaired) electrons. The molecule has 0 amide bonds. The smallest absolute Gasteiger partial charge is 0.0618 e. The van der Waals surface area contributed by atoms with Crippen LogP contribution >= 0.6 is 11.3 Å². The number of benzene rings is 8. The molecule has 57 heavy (non-hydrogen) atoms. The standard InChI is InChI=1S/C55H41NS/c1-35-43(39-23-21-37(22-24-39)36-13-6-4-7-14-36)31-32-52-53(35)54-44(18-12-20-51(54)57-52)40-25-27-41(28-26-40)47(38-15-8-5-9-16-38)34-50(56)42-29-30-46-45-17-10-11-19-48(45)55(2,3)49(46)33-42/h4-34,56H,1-3H3/b47-34+,56-50?. The highest BCUT2D eigenvalue weighted by atomic mass is 32.1. The second-order valence-corrected chi connectivity index (χ2v) is 16.8. The summed E-state index contributed by atoms with van der Waals surface area (Å²) in [5.41, 5.74) is 18.4. The van der Waals surface area contributed by atoms with E-state index < -0.39 is 0 Å². The quantitative estimate of drug-likeness (QED) is 0.157. The van der Waals surface area contributed by atoms with Gasteiger partial charge in [-0.05, 0) is 115 Å². The lowest BCUT2D eigenvalue weighted by molar-refractivity contribution is 0.660. The van der Waals surface area contributed by atoms with Crippen molar-refractivity contribution in [3.63, 3.8) is 0 Å². The normalized spacial score (nSPS) is 13.1. The topological polar surface area (TPSA) is 23.9 Å². The maximum Gasteiger partial charge on any atom is 0.0618 e. The van der Waals surface area contributed by atoms with E-state index in [1.54, 1.807) is 0 Å². The van der Waals surface area contributed by atoms with E-state index in [0.29, 0.717) is 5.71 Å². The van der Waals surface area contributed by atoms with E-state index in [2.05, 4.69) is 203 Å². The van der Waals surface area contributed by atoms with Gasteiger partial charge >= 0.3 is 0 Å². The van der Waals surface area contributed by atoms with E-state index in [1.807, 2.05) is 17.4 Å². The van der Waals surface area contributed by atoms with Gasteiger partial charge in [-0.2, -0.15) is 0 Å². The molecule has 0 spiro atoms. The number of thiophene rings is 1. The van der Waals surface area contributed by atoms with Gasteiger partial charge in [-0.25, -0.2) is 0 Å². The van der Waals surface area contributed by atoms with Crippen LogP contribution in [0.3, 0.4) is 0 Å². The van der Waals surface area contributed by atoms with E-state index in [4.69, 9.17) is 0 Å². The zero-order chi connectivity index (χ0) is 38.7. The van der Waals surface area contributed by atoms with Crippen molar-refractivity contribution in [2.45, 2.75) is 26.2 Å². The maximum atomic E-state index is 9.41. The molecule has 1 aromatic heterocycles. The van der Waals surface area contributed by atoms with Crippen molar-refractivity contribution >= 4 is 42.8 Å². The van der Waals surface area contributed by atoms with Crippen LogP contribution in [0.1, 0.15) is 47.2 Å². The maximum absolute atomic E-state index is 9.41. The largest absolute Gasteiger partial charge is 0.300 e. The molecule has 0 saturated carbocycles. The second kappa shape index (κ2) is 13.8. The van der Waals surface area contributed by atoms with Gasteiger partial charge in [0.15, 0.2) is 0 Å². The summed E-state index contributed by atoms with van der Waals surface area (Å²) >= 11 is 1.87. The average Bonchev–Trinajstić information content (AvgIpc) is 3.76. The van der Waals surface area contributed by atoms with E-state index in [1.165, 1.54) is 81.4 Å². The summed E-state index contributed by atoms with van der Waals surface area (Å²) in [5, 5.41) is 12.1. The number of fused-ring (bicyclic) bond motifs is 6. The molecule has 0 bridgehead atoms. The summed E-state index contributed by atoms with van der Waals surface area (Å²) in [7, 11) is 0. The second-order valence-electron chi connectivity index (χ2n) is 15.7. The molecule has 1 aliphatic carbocycles. The lowest BCUT2D eigenvalue weighted by atomic mass is 9.81. The minimum atomic E-state index is -0.116. The van der Waals surface area contributed by atoms with Gasteiger partial charge in [0.25, 0.3) is 0 Å². The molecule has 1 nitrogen and oxygen atoms in total. The molecule has 1 aliphatic rings. The molecule has 2 heteroatoms. The van der Waals surface area contributed by atoms with Crippen molar-refractivity contribution in [3.8, 4) is 44.5 Å². The summed E-state index contributed by atoms with van der Waals surface area (Å²) in [6, 6.07) is 65.6. The highest BCUT2D eigenvalue weighted by molar-refractivity contribution is 7.26. The molecule has 9 aromatic rings. The Balaban J connectivity index is 1.02.